The van der Waals surface area contributed by atoms with Crippen LogP contribution in [0.15, 0.2) is 88.2 Å². The van der Waals surface area contributed by atoms with Crippen molar-refractivity contribution in [1.82, 2.24) is 0 Å². The van der Waals surface area contributed by atoms with Crippen LogP contribution >= 0.6 is 15.9 Å². The van der Waals surface area contributed by atoms with E-state index in [1.165, 1.54) is 12.1 Å². The average molecular weight is 528 g/mol. The number of carbonyl (C=O) groups excluding carboxylic acids is 2. The number of halogens is 1. The van der Waals surface area contributed by atoms with Gasteiger partial charge in [0.2, 0.25) is 11.8 Å². The highest BCUT2D eigenvalue weighted by Crippen LogP contribution is 2.27. The summed E-state index contributed by atoms with van der Waals surface area (Å²) < 4.78 is 28.5. The summed E-state index contributed by atoms with van der Waals surface area (Å²) in [6.07, 6.45) is 1.37. The van der Waals surface area contributed by atoms with E-state index in [0.29, 0.717) is 28.8 Å². The fourth-order valence-electron chi connectivity index (χ4n) is 3.64. The molecule has 0 aliphatic carbocycles. The summed E-state index contributed by atoms with van der Waals surface area (Å²) in [6.45, 7) is 0.281. The van der Waals surface area contributed by atoms with Crippen molar-refractivity contribution in [3.63, 3.8) is 0 Å². The normalized spacial score (nSPS) is 13.7. The minimum atomic E-state index is -3.97. The van der Waals surface area contributed by atoms with E-state index in [1.807, 2.05) is 0 Å². The Morgan fingerprint density at radius 2 is 1.73 bits per heavy atom. The average Bonchev–Trinajstić information content (AvgIpc) is 3.24. The van der Waals surface area contributed by atoms with Gasteiger partial charge in [-0.15, -0.1) is 0 Å². The maximum absolute atomic E-state index is 13.3. The molecular weight excluding hydrogens is 506 g/mol. The van der Waals surface area contributed by atoms with Crippen LogP contribution in [0.25, 0.3) is 0 Å². The number of benzene rings is 3. The third kappa shape index (κ3) is 5.26. The topological polar surface area (TPSA) is 86.8 Å². The summed E-state index contributed by atoms with van der Waals surface area (Å²) in [5.74, 6) is -0.401. The first-order valence-electron chi connectivity index (χ1n) is 10.4. The number of rotatable bonds is 7. The minimum Gasteiger partial charge on any atom is -0.325 e. The molecule has 0 aromatic heterocycles. The van der Waals surface area contributed by atoms with E-state index < -0.39 is 22.5 Å². The van der Waals surface area contributed by atoms with Gasteiger partial charge in [-0.05, 0) is 61.0 Å². The molecule has 3 aromatic rings. The van der Waals surface area contributed by atoms with E-state index in [1.54, 1.807) is 71.6 Å². The molecular formula is C24H22BrN3O4S. The zero-order valence-electron chi connectivity index (χ0n) is 17.6. The zero-order chi connectivity index (χ0) is 23.4. The van der Waals surface area contributed by atoms with Crippen molar-refractivity contribution in [2.45, 2.75) is 17.7 Å². The van der Waals surface area contributed by atoms with E-state index in [2.05, 4.69) is 21.2 Å². The lowest BCUT2D eigenvalue weighted by molar-refractivity contribution is -0.117. The van der Waals surface area contributed by atoms with Crippen LogP contribution in [0.5, 0.6) is 0 Å². The quantitative estimate of drug-likeness (QED) is 0.492. The highest BCUT2D eigenvalue weighted by Gasteiger charge is 2.27. The van der Waals surface area contributed by atoms with E-state index in [9.17, 15) is 18.0 Å². The predicted octanol–water partition coefficient (Wildman–Crippen LogP) is 4.41. The van der Waals surface area contributed by atoms with Gasteiger partial charge in [-0.2, -0.15) is 0 Å². The van der Waals surface area contributed by atoms with E-state index in [4.69, 9.17) is 0 Å². The highest BCUT2D eigenvalue weighted by molar-refractivity contribution is 9.10. The monoisotopic (exact) mass is 527 g/mol. The van der Waals surface area contributed by atoms with Crippen molar-refractivity contribution in [3.8, 4) is 0 Å². The molecule has 2 amide bonds. The van der Waals surface area contributed by atoms with Crippen molar-refractivity contribution in [2.24, 2.45) is 0 Å². The van der Waals surface area contributed by atoms with Gasteiger partial charge in [0.1, 0.15) is 6.54 Å². The van der Waals surface area contributed by atoms with Gasteiger partial charge in [-0.25, -0.2) is 8.42 Å². The SMILES string of the molecule is O=C(CN(c1cccc(Br)c1)S(=O)(=O)c1ccccc1)Nc1ccc(N2CCCC2=O)cc1. The molecule has 1 heterocycles. The lowest BCUT2D eigenvalue weighted by Gasteiger charge is -2.24. The maximum Gasteiger partial charge on any atom is 0.264 e. The summed E-state index contributed by atoms with van der Waals surface area (Å²) >= 11 is 3.36. The molecule has 4 rings (SSSR count). The lowest BCUT2D eigenvalue weighted by Crippen LogP contribution is -2.38. The molecule has 0 radical (unpaired) electrons. The van der Waals surface area contributed by atoms with Crippen molar-refractivity contribution in [3.05, 3.63) is 83.3 Å². The summed E-state index contributed by atoms with van der Waals surface area (Å²) in [6, 6.07) is 21.7. The summed E-state index contributed by atoms with van der Waals surface area (Å²) in [4.78, 5) is 26.6. The van der Waals surface area contributed by atoms with Crippen LogP contribution in [0.1, 0.15) is 12.8 Å². The van der Waals surface area contributed by atoms with Crippen LogP contribution < -0.4 is 14.5 Å². The Bertz CT molecular complexity index is 1260. The van der Waals surface area contributed by atoms with Crippen LogP contribution in [0, 0.1) is 0 Å². The summed E-state index contributed by atoms with van der Waals surface area (Å²) in [7, 11) is -3.97. The number of carbonyl (C=O) groups is 2. The molecule has 7 nitrogen and oxygen atoms in total. The molecule has 170 valence electrons. The van der Waals surface area contributed by atoms with Crippen LogP contribution in [-0.2, 0) is 19.6 Å². The zero-order valence-corrected chi connectivity index (χ0v) is 20.1. The Hall–Kier alpha value is -3.17. The maximum atomic E-state index is 13.3. The van der Waals surface area contributed by atoms with Gasteiger partial charge in [-0.3, -0.25) is 13.9 Å². The number of hydrogen-bond acceptors (Lipinski definition) is 4. The molecule has 33 heavy (non-hydrogen) atoms. The van der Waals surface area contributed by atoms with Crippen LogP contribution in [-0.4, -0.2) is 33.3 Å². The molecule has 3 aromatic carbocycles. The first-order valence-corrected chi connectivity index (χ1v) is 12.6. The molecule has 1 saturated heterocycles. The number of hydrogen-bond donors (Lipinski definition) is 1. The van der Waals surface area contributed by atoms with Crippen LogP contribution in [0.3, 0.4) is 0 Å². The number of nitrogens with one attached hydrogen (secondary N) is 1. The van der Waals surface area contributed by atoms with E-state index in [-0.39, 0.29) is 10.8 Å². The van der Waals surface area contributed by atoms with Gasteiger partial charge in [-0.1, -0.05) is 40.2 Å². The predicted molar refractivity (Wildman–Crippen MR) is 132 cm³/mol. The van der Waals surface area contributed by atoms with Crippen molar-refractivity contribution in [1.29, 1.82) is 0 Å². The van der Waals surface area contributed by atoms with Gasteiger partial charge in [0, 0.05) is 28.8 Å². The minimum absolute atomic E-state index is 0.0857. The van der Waals surface area contributed by atoms with E-state index >= 15 is 0 Å². The second-order valence-electron chi connectivity index (χ2n) is 7.55. The van der Waals surface area contributed by atoms with Gasteiger partial charge in [0.15, 0.2) is 0 Å². The van der Waals surface area contributed by atoms with Gasteiger partial charge < -0.3 is 10.2 Å². The molecule has 0 saturated carbocycles. The Morgan fingerprint density at radius 3 is 2.36 bits per heavy atom. The Labute approximate surface area is 201 Å². The largest absolute Gasteiger partial charge is 0.325 e. The fraction of sp³-hybridized carbons (Fsp3) is 0.167. The molecule has 1 aliphatic heterocycles. The molecule has 0 spiro atoms. The van der Waals surface area contributed by atoms with E-state index in [0.717, 1.165) is 16.4 Å². The standard InChI is InChI=1S/C24H22BrN3O4S/c25-18-6-4-7-21(16-18)28(33(31,32)22-8-2-1-3-9-22)17-23(29)26-19-11-13-20(14-12-19)27-15-5-10-24(27)30/h1-4,6-9,11-14,16H,5,10,15,17H2,(H,26,29). The first kappa shape index (κ1) is 23.0. The molecule has 9 heteroatoms. The Kier molecular flexibility index (Phi) is 6.80. The second-order valence-corrected chi connectivity index (χ2v) is 10.3. The number of anilines is 3. The van der Waals surface area contributed by atoms with Crippen molar-refractivity contribution >= 4 is 54.8 Å². The molecule has 0 atom stereocenters. The van der Waals surface area contributed by atoms with Gasteiger partial charge in [0.25, 0.3) is 10.0 Å². The molecule has 0 unspecified atom stereocenters. The number of amides is 2. The van der Waals surface area contributed by atoms with Gasteiger partial charge in [0.05, 0.1) is 10.6 Å². The number of sulfonamides is 1. The Morgan fingerprint density at radius 1 is 1.00 bits per heavy atom. The summed E-state index contributed by atoms with van der Waals surface area (Å²) in [5, 5.41) is 2.75. The smallest absolute Gasteiger partial charge is 0.264 e. The molecule has 1 N–H and O–H groups in total. The fourth-order valence-corrected chi connectivity index (χ4v) is 5.46. The third-order valence-electron chi connectivity index (χ3n) is 5.25. The van der Waals surface area contributed by atoms with Crippen LogP contribution in [0.4, 0.5) is 17.1 Å². The lowest BCUT2D eigenvalue weighted by atomic mass is 10.2. The van der Waals surface area contributed by atoms with Crippen molar-refractivity contribution in [2.75, 3.05) is 27.6 Å². The molecule has 1 aliphatic rings. The summed E-state index contributed by atoms with van der Waals surface area (Å²) in [5.41, 5.74) is 1.66. The van der Waals surface area contributed by atoms with Crippen LogP contribution in [0.2, 0.25) is 0 Å². The number of nitrogens with zero attached hydrogens (tertiary/aromatic N) is 2. The Balaban J connectivity index is 1.55. The van der Waals surface area contributed by atoms with Gasteiger partial charge >= 0.3 is 0 Å². The highest BCUT2D eigenvalue weighted by atomic mass is 79.9. The first-order chi connectivity index (χ1) is 15.8. The second kappa shape index (κ2) is 9.76. The third-order valence-corrected chi connectivity index (χ3v) is 7.53. The molecule has 0 bridgehead atoms. The molecule has 1 fully saturated rings. The van der Waals surface area contributed by atoms with Crippen molar-refractivity contribution < 1.29 is 18.0 Å².